The maximum atomic E-state index is 6.35. The smallest absolute Gasteiger partial charge is 0.0409 e. The molecule has 1 aliphatic carbocycles. The molecule has 4 rings (SSSR count). The largest absolute Gasteiger partial charge is 0.309 e. The van der Waals surface area contributed by atoms with Crippen LogP contribution in [0.5, 0.6) is 0 Å². The van der Waals surface area contributed by atoms with Gasteiger partial charge in [-0.15, -0.1) is 0 Å². The molecule has 1 fully saturated rings. The minimum Gasteiger partial charge on any atom is -0.309 e. The van der Waals surface area contributed by atoms with Crippen LogP contribution in [0, 0.1) is 0 Å². The van der Waals surface area contributed by atoms with E-state index in [9.17, 15) is 0 Å². The molecule has 1 aliphatic heterocycles. The average Bonchev–Trinajstić information content (AvgIpc) is 2.93. The molecule has 0 spiro atoms. The van der Waals surface area contributed by atoms with Gasteiger partial charge in [-0.25, -0.2) is 0 Å². The monoisotopic (exact) mass is 340 g/mol. The normalized spacial score (nSPS) is 26.3. The highest BCUT2D eigenvalue weighted by atomic mass is 35.5. The van der Waals surface area contributed by atoms with Gasteiger partial charge in [0.2, 0.25) is 0 Å². The Morgan fingerprint density at radius 1 is 1.08 bits per heavy atom. The lowest BCUT2D eigenvalue weighted by Gasteiger charge is -2.42. The van der Waals surface area contributed by atoms with E-state index < -0.39 is 0 Å². The van der Waals surface area contributed by atoms with Crippen LogP contribution in [0.3, 0.4) is 0 Å². The van der Waals surface area contributed by atoms with Crippen LogP contribution >= 0.6 is 11.6 Å². The van der Waals surface area contributed by atoms with Crippen molar-refractivity contribution in [2.45, 2.75) is 37.8 Å². The second-order valence-corrected chi connectivity index (χ2v) is 8.21. The van der Waals surface area contributed by atoms with Crippen LogP contribution in [-0.2, 0) is 0 Å². The van der Waals surface area contributed by atoms with Gasteiger partial charge in [-0.05, 0) is 49.1 Å². The first-order valence-electron chi connectivity index (χ1n) is 8.87. The molecule has 1 heterocycles. The number of hydrogen-bond acceptors (Lipinski definition) is 2. The van der Waals surface area contributed by atoms with Gasteiger partial charge in [-0.2, -0.15) is 0 Å². The fourth-order valence-corrected chi connectivity index (χ4v) is 4.60. The molecule has 24 heavy (non-hydrogen) atoms. The number of benzene rings is 2. The van der Waals surface area contributed by atoms with Gasteiger partial charge in [0.05, 0.1) is 0 Å². The Hall–Kier alpha value is -1.35. The molecule has 0 radical (unpaired) electrons. The Labute approximate surface area is 149 Å². The van der Waals surface area contributed by atoms with Crippen molar-refractivity contribution in [3.8, 4) is 0 Å². The molecule has 0 amide bonds. The lowest BCUT2D eigenvalue weighted by Crippen LogP contribution is -2.57. The van der Waals surface area contributed by atoms with Crippen molar-refractivity contribution in [2.75, 3.05) is 19.6 Å². The Morgan fingerprint density at radius 3 is 2.62 bits per heavy atom. The Bertz CT molecular complexity index is 726. The summed E-state index contributed by atoms with van der Waals surface area (Å²) in [6, 6.07) is 17.8. The van der Waals surface area contributed by atoms with Crippen molar-refractivity contribution < 1.29 is 0 Å². The van der Waals surface area contributed by atoms with E-state index >= 15 is 0 Å². The zero-order chi connectivity index (χ0) is 16.7. The second kappa shape index (κ2) is 6.18. The van der Waals surface area contributed by atoms with Crippen molar-refractivity contribution in [1.29, 1.82) is 0 Å². The summed E-state index contributed by atoms with van der Waals surface area (Å²) < 4.78 is 0. The van der Waals surface area contributed by atoms with Crippen molar-refractivity contribution in [3.05, 3.63) is 70.2 Å². The number of nitrogens with zero attached hydrogens (tertiary/aromatic N) is 1. The molecule has 2 nitrogen and oxygen atoms in total. The molecular weight excluding hydrogens is 316 g/mol. The summed E-state index contributed by atoms with van der Waals surface area (Å²) in [6.07, 6.45) is 1.15. The van der Waals surface area contributed by atoms with Crippen LogP contribution in [0.4, 0.5) is 0 Å². The number of rotatable bonds is 2. The number of nitrogens with one attached hydrogen (secondary N) is 1. The Kier molecular flexibility index (Phi) is 4.16. The molecule has 0 aromatic heterocycles. The predicted octanol–water partition coefficient (Wildman–Crippen LogP) is 4.60. The molecule has 126 valence electrons. The van der Waals surface area contributed by atoms with E-state index in [0.29, 0.717) is 12.0 Å². The van der Waals surface area contributed by atoms with E-state index in [-0.39, 0.29) is 5.54 Å². The van der Waals surface area contributed by atoms with E-state index in [4.69, 9.17) is 11.6 Å². The first kappa shape index (κ1) is 16.1. The van der Waals surface area contributed by atoms with E-state index in [0.717, 1.165) is 31.1 Å². The third-order valence-electron chi connectivity index (χ3n) is 5.49. The quantitative estimate of drug-likeness (QED) is 0.859. The topological polar surface area (TPSA) is 15.3 Å². The second-order valence-electron chi connectivity index (χ2n) is 7.77. The summed E-state index contributed by atoms with van der Waals surface area (Å²) in [4.78, 5) is 2.65. The van der Waals surface area contributed by atoms with Gasteiger partial charge < -0.3 is 5.32 Å². The molecule has 0 saturated carbocycles. The van der Waals surface area contributed by atoms with Gasteiger partial charge >= 0.3 is 0 Å². The van der Waals surface area contributed by atoms with E-state index in [1.165, 1.54) is 16.7 Å². The highest BCUT2D eigenvalue weighted by Crippen LogP contribution is 2.47. The molecule has 2 aromatic rings. The van der Waals surface area contributed by atoms with Gasteiger partial charge in [0.1, 0.15) is 0 Å². The molecule has 0 bridgehead atoms. The van der Waals surface area contributed by atoms with Gasteiger partial charge in [0, 0.05) is 42.2 Å². The fourth-order valence-electron chi connectivity index (χ4n) is 4.42. The third-order valence-corrected chi connectivity index (χ3v) is 5.72. The van der Waals surface area contributed by atoms with Gasteiger partial charge in [-0.1, -0.05) is 48.0 Å². The maximum Gasteiger partial charge on any atom is 0.0409 e. The zero-order valence-electron chi connectivity index (χ0n) is 14.4. The van der Waals surface area contributed by atoms with Crippen molar-refractivity contribution in [2.24, 2.45) is 0 Å². The third kappa shape index (κ3) is 2.99. The van der Waals surface area contributed by atoms with Gasteiger partial charge in [0.15, 0.2) is 0 Å². The molecule has 2 atom stereocenters. The van der Waals surface area contributed by atoms with Crippen LogP contribution in [0.25, 0.3) is 0 Å². The number of piperazine rings is 1. The molecule has 3 heteroatoms. The first-order valence-corrected chi connectivity index (χ1v) is 9.25. The number of fused-ring (bicyclic) bond motifs is 1. The summed E-state index contributed by atoms with van der Waals surface area (Å²) >= 11 is 6.35. The van der Waals surface area contributed by atoms with Crippen molar-refractivity contribution >= 4 is 11.6 Å². The molecule has 2 aliphatic rings. The summed E-state index contributed by atoms with van der Waals surface area (Å²) in [5.74, 6) is 0.474. The molecular formula is C21H25ClN2. The molecule has 2 aromatic carbocycles. The van der Waals surface area contributed by atoms with E-state index in [1.54, 1.807) is 0 Å². The minimum absolute atomic E-state index is 0.168. The van der Waals surface area contributed by atoms with Crippen LogP contribution in [0.1, 0.15) is 48.9 Å². The van der Waals surface area contributed by atoms with E-state index in [2.05, 4.69) is 66.5 Å². The maximum absolute atomic E-state index is 6.35. The molecule has 1 saturated heterocycles. The predicted molar refractivity (Wildman–Crippen MR) is 101 cm³/mol. The van der Waals surface area contributed by atoms with Crippen molar-refractivity contribution in [1.82, 2.24) is 10.2 Å². The zero-order valence-corrected chi connectivity index (χ0v) is 15.2. The lowest BCUT2D eigenvalue weighted by atomic mass is 9.93. The lowest BCUT2D eigenvalue weighted by molar-refractivity contribution is 0.107. The number of hydrogen-bond donors (Lipinski definition) is 1. The van der Waals surface area contributed by atoms with E-state index in [1.807, 2.05) is 6.07 Å². The first-order chi connectivity index (χ1) is 11.5. The summed E-state index contributed by atoms with van der Waals surface area (Å²) in [6.45, 7) is 7.81. The van der Waals surface area contributed by atoms with Gasteiger partial charge in [0.25, 0.3) is 0 Å². The average molecular weight is 341 g/mol. The summed E-state index contributed by atoms with van der Waals surface area (Å²) in [5.41, 5.74) is 4.46. The Morgan fingerprint density at radius 2 is 1.88 bits per heavy atom. The SMILES string of the molecule is CC1(C)CN([C@H]2C[C@@H](c3ccccc3)c3ccc(Cl)cc32)CCN1. The number of halogens is 1. The van der Waals surface area contributed by atoms with Crippen LogP contribution < -0.4 is 5.32 Å². The Balaban J connectivity index is 1.71. The molecule has 0 unspecified atom stereocenters. The summed E-state index contributed by atoms with van der Waals surface area (Å²) in [7, 11) is 0. The van der Waals surface area contributed by atoms with Crippen LogP contribution in [0.2, 0.25) is 5.02 Å². The molecule has 1 N–H and O–H groups in total. The summed E-state index contributed by atoms with van der Waals surface area (Å²) in [5, 5.41) is 4.47. The van der Waals surface area contributed by atoms with Crippen LogP contribution in [-0.4, -0.2) is 30.1 Å². The van der Waals surface area contributed by atoms with Gasteiger partial charge in [-0.3, -0.25) is 4.90 Å². The fraction of sp³-hybridized carbons (Fsp3) is 0.429. The minimum atomic E-state index is 0.168. The van der Waals surface area contributed by atoms with Crippen molar-refractivity contribution in [3.63, 3.8) is 0 Å². The van der Waals surface area contributed by atoms with Crippen LogP contribution in [0.15, 0.2) is 48.5 Å². The highest BCUT2D eigenvalue weighted by Gasteiger charge is 2.38. The highest BCUT2D eigenvalue weighted by molar-refractivity contribution is 6.30. The standard InChI is InChI=1S/C21H25ClN2/c1-21(2)14-24(11-10-23-21)20-13-18(15-6-4-3-5-7-15)17-9-8-16(22)12-19(17)20/h3-9,12,18,20,23H,10-11,13-14H2,1-2H3/t18-,20-/m0/s1.